The molecule has 1 heterocycles. The van der Waals surface area contributed by atoms with E-state index in [4.69, 9.17) is 4.74 Å². The van der Waals surface area contributed by atoms with Crippen LogP contribution in [0.2, 0.25) is 0 Å². The Morgan fingerprint density at radius 3 is 2.55 bits per heavy atom. The number of non-ortho nitro benzene ring substituents is 1. The molecule has 7 heteroatoms. The number of ether oxygens (including phenoxy) is 1. The summed E-state index contributed by atoms with van der Waals surface area (Å²) in [5.74, 6) is 0.780. The van der Waals surface area contributed by atoms with Crippen molar-refractivity contribution in [3.63, 3.8) is 0 Å². The zero-order chi connectivity index (χ0) is 21.0. The van der Waals surface area contributed by atoms with Crippen LogP contribution in [0.3, 0.4) is 0 Å². The van der Waals surface area contributed by atoms with Crippen LogP contribution in [0.5, 0.6) is 5.75 Å². The van der Waals surface area contributed by atoms with Crippen LogP contribution in [0.15, 0.2) is 48.7 Å². The molecule has 3 aromatic rings. The number of aromatic nitrogens is 1. The minimum Gasteiger partial charge on any atom is -0.497 e. The highest BCUT2D eigenvalue weighted by atomic mass is 16.6. The third kappa shape index (κ3) is 4.74. The Balaban J connectivity index is 2.00. The Bertz CT molecular complexity index is 1010. The van der Waals surface area contributed by atoms with Gasteiger partial charge in [0.15, 0.2) is 0 Å². The largest absolute Gasteiger partial charge is 0.497 e. The fourth-order valence-corrected chi connectivity index (χ4v) is 3.35. The minimum absolute atomic E-state index is 0.0253. The van der Waals surface area contributed by atoms with Crippen molar-refractivity contribution in [2.75, 3.05) is 13.7 Å². The van der Waals surface area contributed by atoms with Crippen LogP contribution >= 0.6 is 0 Å². The van der Waals surface area contributed by atoms with Gasteiger partial charge >= 0.3 is 0 Å². The molecule has 0 fully saturated rings. The highest BCUT2D eigenvalue weighted by Crippen LogP contribution is 2.35. The molecule has 0 aliphatic heterocycles. The number of benzene rings is 2. The first-order chi connectivity index (χ1) is 13.9. The predicted octanol–water partition coefficient (Wildman–Crippen LogP) is 4.38. The first-order valence-electron chi connectivity index (χ1n) is 9.55. The molecule has 0 spiro atoms. The van der Waals surface area contributed by atoms with Gasteiger partial charge in [0.05, 0.1) is 12.0 Å². The maximum Gasteiger partial charge on any atom is 0.269 e. The van der Waals surface area contributed by atoms with Crippen molar-refractivity contribution in [2.24, 2.45) is 5.92 Å². The Labute approximate surface area is 169 Å². The Morgan fingerprint density at radius 1 is 1.21 bits per heavy atom. The van der Waals surface area contributed by atoms with Crippen molar-refractivity contribution in [1.82, 2.24) is 10.3 Å². The molecule has 152 valence electrons. The second-order valence-corrected chi connectivity index (χ2v) is 7.46. The molecule has 2 aromatic carbocycles. The average Bonchev–Trinajstić information content (AvgIpc) is 3.13. The van der Waals surface area contributed by atoms with E-state index in [1.807, 2.05) is 38.2 Å². The fourth-order valence-electron chi connectivity index (χ4n) is 3.35. The van der Waals surface area contributed by atoms with E-state index in [1.165, 1.54) is 12.1 Å². The first-order valence-corrected chi connectivity index (χ1v) is 9.55. The predicted molar refractivity (Wildman–Crippen MR) is 112 cm³/mol. The maximum atomic E-state index is 12.6. The molecule has 0 saturated carbocycles. The normalized spacial score (nSPS) is 12.1. The Morgan fingerprint density at radius 2 is 1.93 bits per heavy atom. The summed E-state index contributed by atoms with van der Waals surface area (Å²) in [5.41, 5.74) is 2.76. The van der Waals surface area contributed by atoms with E-state index in [9.17, 15) is 14.9 Å². The van der Waals surface area contributed by atoms with Gasteiger partial charge in [0.2, 0.25) is 5.91 Å². The average molecular weight is 395 g/mol. The standard InChI is InChI=1S/C22H25N3O4/c1-14(2)12-24-22(26)11-18(15-4-6-16(7-5-15)25(27)28)20-13-23-21-9-8-17(29-3)10-19(20)21/h4-10,13-14,18,23H,11-12H2,1-3H3,(H,24,26)/t18-/m1/s1. The highest BCUT2D eigenvalue weighted by Gasteiger charge is 2.22. The molecule has 1 aromatic heterocycles. The van der Waals surface area contributed by atoms with Gasteiger partial charge in [-0.2, -0.15) is 0 Å². The van der Waals surface area contributed by atoms with E-state index >= 15 is 0 Å². The summed E-state index contributed by atoms with van der Waals surface area (Å²) in [7, 11) is 1.61. The lowest BCUT2D eigenvalue weighted by atomic mass is 9.87. The second-order valence-electron chi connectivity index (χ2n) is 7.46. The Kier molecular flexibility index (Phi) is 6.16. The van der Waals surface area contributed by atoms with Crippen LogP contribution < -0.4 is 10.1 Å². The zero-order valence-electron chi connectivity index (χ0n) is 16.8. The number of hydrogen-bond donors (Lipinski definition) is 2. The van der Waals surface area contributed by atoms with Crippen molar-refractivity contribution >= 4 is 22.5 Å². The number of fused-ring (bicyclic) bond motifs is 1. The zero-order valence-corrected chi connectivity index (χ0v) is 16.8. The molecule has 7 nitrogen and oxygen atoms in total. The summed E-state index contributed by atoms with van der Waals surface area (Å²) < 4.78 is 5.35. The van der Waals surface area contributed by atoms with Gasteiger partial charge in [0, 0.05) is 48.1 Å². The summed E-state index contributed by atoms with van der Waals surface area (Å²) in [4.78, 5) is 26.4. The molecule has 1 amide bonds. The number of nitrogens with zero attached hydrogens (tertiary/aromatic N) is 1. The van der Waals surface area contributed by atoms with Gasteiger partial charge in [-0.05, 0) is 35.2 Å². The number of amides is 1. The minimum atomic E-state index is -0.426. The second kappa shape index (κ2) is 8.77. The summed E-state index contributed by atoms with van der Waals surface area (Å²) >= 11 is 0. The van der Waals surface area contributed by atoms with E-state index < -0.39 is 4.92 Å². The van der Waals surface area contributed by atoms with E-state index in [-0.39, 0.29) is 23.9 Å². The molecule has 0 bridgehead atoms. The number of H-pyrrole nitrogens is 1. The van der Waals surface area contributed by atoms with Crippen LogP contribution in [0.25, 0.3) is 10.9 Å². The van der Waals surface area contributed by atoms with Gasteiger partial charge in [-0.3, -0.25) is 14.9 Å². The number of rotatable bonds is 8. The van der Waals surface area contributed by atoms with Crippen LogP contribution in [0, 0.1) is 16.0 Å². The molecule has 0 aliphatic carbocycles. The van der Waals surface area contributed by atoms with E-state index in [0.717, 1.165) is 27.8 Å². The van der Waals surface area contributed by atoms with Crippen molar-refractivity contribution < 1.29 is 14.5 Å². The van der Waals surface area contributed by atoms with Crippen molar-refractivity contribution in [3.05, 3.63) is 69.9 Å². The smallest absolute Gasteiger partial charge is 0.269 e. The van der Waals surface area contributed by atoms with Gasteiger partial charge in [0.1, 0.15) is 5.75 Å². The van der Waals surface area contributed by atoms with Crippen molar-refractivity contribution in [3.8, 4) is 5.75 Å². The number of nitro groups is 1. The number of methoxy groups -OCH3 is 1. The summed E-state index contributed by atoms with van der Waals surface area (Å²) in [6, 6.07) is 12.1. The summed E-state index contributed by atoms with van der Waals surface area (Å²) in [6.45, 7) is 4.69. The van der Waals surface area contributed by atoms with E-state index in [0.29, 0.717) is 12.5 Å². The third-order valence-corrected chi connectivity index (χ3v) is 4.90. The topological polar surface area (TPSA) is 97.3 Å². The number of carbonyl (C=O) groups is 1. The molecule has 0 saturated heterocycles. The fraction of sp³-hybridized carbons (Fsp3) is 0.318. The van der Waals surface area contributed by atoms with Crippen molar-refractivity contribution in [1.29, 1.82) is 0 Å². The number of carbonyl (C=O) groups excluding carboxylic acids is 1. The van der Waals surface area contributed by atoms with Crippen LogP contribution in [0.1, 0.15) is 37.3 Å². The quantitative estimate of drug-likeness (QED) is 0.437. The molecule has 0 unspecified atom stereocenters. The van der Waals surface area contributed by atoms with Gasteiger partial charge in [-0.15, -0.1) is 0 Å². The first kappa shape index (κ1) is 20.4. The molecule has 0 radical (unpaired) electrons. The van der Waals surface area contributed by atoms with Crippen LogP contribution in [-0.4, -0.2) is 29.5 Å². The molecule has 3 rings (SSSR count). The lowest BCUT2D eigenvalue weighted by Gasteiger charge is -2.18. The van der Waals surface area contributed by atoms with Gasteiger partial charge in [0.25, 0.3) is 5.69 Å². The lowest BCUT2D eigenvalue weighted by Crippen LogP contribution is -2.28. The summed E-state index contributed by atoms with van der Waals surface area (Å²) in [6.07, 6.45) is 2.14. The van der Waals surface area contributed by atoms with Gasteiger partial charge in [-0.25, -0.2) is 0 Å². The third-order valence-electron chi connectivity index (χ3n) is 4.90. The van der Waals surface area contributed by atoms with Gasteiger partial charge in [-0.1, -0.05) is 26.0 Å². The van der Waals surface area contributed by atoms with Crippen molar-refractivity contribution in [2.45, 2.75) is 26.2 Å². The summed E-state index contributed by atoms with van der Waals surface area (Å²) in [5, 5.41) is 14.9. The van der Waals surface area contributed by atoms with Crippen LogP contribution in [0.4, 0.5) is 5.69 Å². The lowest BCUT2D eigenvalue weighted by molar-refractivity contribution is -0.384. The number of nitrogens with one attached hydrogen (secondary N) is 2. The monoisotopic (exact) mass is 395 g/mol. The Hall–Kier alpha value is -3.35. The molecule has 1 atom stereocenters. The van der Waals surface area contributed by atoms with E-state index in [2.05, 4.69) is 10.3 Å². The molecular formula is C22H25N3O4. The van der Waals surface area contributed by atoms with Gasteiger partial charge < -0.3 is 15.0 Å². The number of hydrogen-bond acceptors (Lipinski definition) is 4. The number of nitro benzene ring substituents is 1. The molecular weight excluding hydrogens is 370 g/mol. The molecule has 0 aliphatic rings. The number of aromatic amines is 1. The SMILES string of the molecule is COc1ccc2[nH]cc([C@H](CC(=O)NCC(C)C)c3ccc([N+](=O)[O-])cc3)c2c1. The highest BCUT2D eigenvalue weighted by molar-refractivity contribution is 5.87. The van der Waals surface area contributed by atoms with E-state index in [1.54, 1.807) is 19.2 Å². The molecule has 29 heavy (non-hydrogen) atoms. The van der Waals surface area contributed by atoms with Crippen LogP contribution in [-0.2, 0) is 4.79 Å². The molecule has 2 N–H and O–H groups in total. The maximum absolute atomic E-state index is 12.6.